The number of aromatic nitrogens is 3. The summed E-state index contributed by atoms with van der Waals surface area (Å²) in [6.45, 7) is 1.73. The first-order valence-electron chi connectivity index (χ1n) is 4.87. The molecule has 1 N–H and O–H groups in total. The van der Waals surface area contributed by atoms with Crippen molar-refractivity contribution in [1.29, 1.82) is 0 Å². The van der Waals surface area contributed by atoms with Crippen molar-refractivity contribution in [2.75, 3.05) is 0 Å². The second-order valence-corrected chi connectivity index (χ2v) is 6.45. The van der Waals surface area contributed by atoms with Gasteiger partial charge < -0.3 is 0 Å². The number of nitrogens with one attached hydrogen (secondary N) is 1. The highest BCUT2D eigenvalue weighted by Crippen LogP contribution is 2.13. The predicted octanol–water partition coefficient (Wildman–Crippen LogP) is 0.304. The molecule has 0 fully saturated rings. The van der Waals surface area contributed by atoms with E-state index >= 15 is 0 Å². The van der Waals surface area contributed by atoms with E-state index in [9.17, 15) is 13.2 Å². The third-order valence-corrected chi connectivity index (χ3v) is 4.26. The number of hydrogen-bond donors (Lipinski definition) is 1. The summed E-state index contributed by atoms with van der Waals surface area (Å²) in [6.07, 6.45) is 3.83. The maximum Gasteiger partial charge on any atom is 0.276 e. The number of sulfonamides is 1. The summed E-state index contributed by atoms with van der Waals surface area (Å²) in [5, 5.41) is 4.44. The first-order valence-corrected chi connectivity index (χ1v) is 7.17. The summed E-state index contributed by atoms with van der Waals surface area (Å²) >= 11 is 1.13. The molecule has 0 unspecified atom stereocenters. The zero-order valence-corrected chi connectivity index (χ0v) is 11.2. The summed E-state index contributed by atoms with van der Waals surface area (Å²) in [4.78, 5) is 15.8. The molecule has 9 heteroatoms. The second kappa shape index (κ2) is 4.50. The smallest absolute Gasteiger partial charge is 0.274 e. The zero-order chi connectivity index (χ0) is 13.3. The average Bonchev–Trinajstić information content (AvgIpc) is 2.86. The standard InChI is InChI=1S/C9H10N4O3S2/c1-6-10-4-8(17-6)9(14)12-18(15,16)7-3-11-13(2)5-7/h3-5H,1-2H3,(H,12,14). The molecule has 1 amide bonds. The molecular weight excluding hydrogens is 276 g/mol. The van der Waals surface area contributed by atoms with Crippen LogP contribution in [0.1, 0.15) is 14.7 Å². The van der Waals surface area contributed by atoms with Crippen LogP contribution in [-0.4, -0.2) is 29.1 Å². The van der Waals surface area contributed by atoms with E-state index in [1.807, 2.05) is 4.72 Å². The number of carbonyl (C=O) groups is 1. The van der Waals surface area contributed by atoms with Crippen LogP contribution in [0.15, 0.2) is 23.5 Å². The van der Waals surface area contributed by atoms with E-state index < -0.39 is 15.9 Å². The van der Waals surface area contributed by atoms with Crippen LogP contribution in [-0.2, 0) is 17.1 Å². The molecule has 0 aromatic carbocycles. The Balaban J connectivity index is 2.21. The van der Waals surface area contributed by atoms with E-state index in [-0.39, 0.29) is 9.77 Å². The molecule has 2 aromatic heterocycles. The second-order valence-electron chi connectivity index (χ2n) is 3.53. The summed E-state index contributed by atoms with van der Waals surface area (Å²) in [5.41, 5.74) is 0. The van der Waals surface area contributed by atoms with E-state index in [1.165, 1.54) is 23.3 Å². The molecule has 0 aliphatic rings. The fourth-order valence-electron chi connectivity index (χ4n) is 1.24. The number of nitrogens with zero attached hydrogens (tertiary/aromatic N) is 3. The van der Waals surface area contributed by atoms with Crippen LogP contribution in [0.5, 0.6) is 0 Å². The van der Waals surface area contributed by atoms with Crippen molar-refractivity contribution < 1.29 is 13.2 Å². The van der Waals surface area contributed by atoms with Gasteiger partial charge in [-0.3, -0.25) is 9.48 Å². The summed E-state index contributed by atoms with van der Waals surface area (Å²) in [6, 6.07) is 0. The fraction of sp³-hybridized carbons (Fsp3) is 0.222. The number of thiazole rings is 1. The maximum atomic E-state index is 11.8. The van der Waals surface area contributed by atoms with Crippen molar-refractivity contribution in [3.8, 4) is 0 Å². The lowest BCUT2D eigenvalue weighted by Crippen LogP contribution is -2.29. The molecule has 2 aromatic rings. The average molecular weight is 286 g/mol. The minimum Gasteiger partial charge on any atom is -0.274 e. The first-order chi connectivity index (χ1) is 8.38. The van der Waals surface area contributed by atoms with Gasteiger partial charge in [0.05, 0.1) is 17.4 Å². The number of carbonyl (C=O) groups excluding carboxylic acids is 1. The van der Waals surface area contributed by atoms with Gasteiger partial charge in [0.15, 0.2) is 0 Å². The van der Waals surface area contributed by atoms with Crippen LogP contribution >= 0.6 is 11.3 Å². The highest BCUT2D eigenvalue weighted by Gasteiger charge is 2.21. The molecule has 18 heavy (non-hydrogen) atoms. The minimum absolute atomic E-state index is 0.0559. The van der Waals surface area contributed by atoms with Crippen molar-refractivity contribution in [1.82, 2.24) is 19.5 Å². The van der Waals surface area contributed by atoms with E-state index in [4.69, 9.17) is 0 Å². The van der Waals surface area contributed by atoms with Gasteiger partial charge >= 0.3 is 0 Å². The van der Waals surface area contributed by atoms with Crippen LogP contribution in [0.4, 0.5) is 0 Å². The first kappa shape index (κ1) is 12.7. The monoisotopic (exact) mass is 286 g/mol. The van der Waals surface area contributed by atoms with Crippen LogP contribution in [0.3, 0.4) is 0 Å². The van der Waals surface area contributed by atoms with Gasteiger partial charge in [-0.1, -0.05) is 0 Å². The lowest BCUT2D eigenvalue weighted by Gasteiger charge is -2.02. The normalized spacial score (nSPS) is 11.4. The van der Waals surface area contributed by atoms with Crippen molar-refractivity contribution in [3.63, 3.8) is 0 Å². The molecule has 0 saturated carbocycles. The Morgan fingerprint density at radius 1 is 1.44 bits per heavy atom. The van der Waals surface area contributed by atoms with Gasteiger partial charge in [0, 0.05) is 13.2 Å². The lowest BCUT2D eigenvalue weighted by atomic mass is 10.5. The molecule has 0 radical (unpaired) electrons. The highest BCUT2D eigenvalue weighted by atomic mass is 32.2. The Hall–Kier alpha value is -1.74. The largest absolute Gasteiger partial charge is 0.276 e. The molecule has 2 heterocycles. The topological polar surface area (TPSA) is 93.9 Å². The third kappa shape index (κ3) is 2.57. The van der Waals surface area contributed by atoms with Crippen molar-refractivity contribution >= 4 is 27.3 Å². The Kier molecular flexibility index (Phi) is 3.18. The van der Waals surface area contributed by atoms with Gasteiger partial charge in [-0.05, 0) is 6.92 Å². The molecule has 0 spiro atoms. The molecule has 0 bridgehead atoms. The Bertz CT molecular complexity index is 686. The maximum absolute atomic E-state index is 11.8. The number of rotatable bonds is 3. The van der Waals surface area contributed by atoms with E-state index in [1.54, 1.807) is 14.0 Å². The van der Waals surface area contributed by atoms with E-state index in [0.717, 1.165) is 11.3 Å². The summed E-state index contributed by atoms with van der Waals surface area (Å²) < 4.78 is 27.0. The van der Waals surface area contributed by atoms with Gasteiger partial charge in [0.1, 0.15) is 9.77 Å². The summed E-state index contributed by atoms with van der Waals surface area (Å²) in [7, 11) is -2.29. The van der Waals surface area contributed by atoms with Crippen LogP contribution in [0.2, 0.25) is 0 Å². The molecule has 96 valence electrons. The SMILES string of the molecule is Cc1ncc(C(=O)NS(=O)(=O)c2cnn(C)c2)s1. The minimum atomic E-state index is -3.88. The van der Waals surface area contributed by atoms with Crippen molar-refractivity contribution in [3.05, 3.63) is 28.5 Å². The molecule has 0 aliphatic carbocycles. The number of hydrogen-bond acceptors (Lipinski definition) is 6. The van der Waals surface area contributed by atoms with Gasteiger partial charge in [-0.2, -0.15) is 5.10 Å². The van der Waals surface area contributed by atoms with Gasteiger partial charge in [-0.25, -0.2) is 18.1 Å². The Morgan fingerprint density at radius 3 is 2.67 bits per heavy atom. The zero-order valence-electron chi connectivity index (χ0n) is 9.61. The van der Waals surface area contributed by atoms with Crippen LogP contribution in [0, 0.1) is 6.92 Å². The summed E-state index contributed by atoms with van der Waals surface area (Å²) in [5.74, 6) is -0.690. The van der Waals surface area contributed by atoms with Gasteiger partial charge in [0.2, 0.25) is 0 Å². The number of aryl methyl sites for hydroxylation is 2. The third-order valence-electron chi connectivity index (χ3n) is 2.06. The van der Waals surface area contributed by atoms with E-state index in [2.05, 4.69) is 10.1 Å². The Morgan fingerprint density at radius 2 is 2.17 bits per heavy atom. The molecule has 0 atom stereocenters. The lowest BCUT2D eigenvalue weighted by molar-refractivity contribution is 0.0985. The highest BCUT2D eigenvalue weighted by molar-refractivity contribution is 7.90. The van der Waals surface area contributed by atoms with Gasteiger partial charge in [-0.15, -0.1) is 11.3 Å². The van der Waals surface area contributed by atoms with Crippen LogP contribution < -0.4 is 4.72 Å². The molecule has 0 saturated heterocycles. The van der Waals surface area contributed by atoms with Gasteiger partial charge in [0.25, 0.3) is 15.9 Å². The molecular formula is C9H10N4O3S2. The number of amides is 1. The Labute approximate surface area is 108 Å². The van der Waals surface area contributed by atoms with Crippen molar-refractivity contribution in [2.45, 2.75) is 11.8 Å². The molecule has 0 aliphatic heterocycles. The predicted molar refractivity (Wildman–Crippen MR) is 64.7 cm³/mol. The molecule has 2 rings (SSSR count). The molecule has 7 nitrogen and oxygen atoms in total. The van der Waals surface area contributed by atoms with Crippen LogP contribution in [0.25, 0.3) is 0 Å². The fourth-order valence-corrected chi connectivity index (χ4v) is 2.92. The van der Waals surface area contributed by atoms with E-state index in [0.29, 0.717) is 5.01 Å². The quantitative estimate of drug-likeness (QED) is 0.876. The van der Waals surface area contributed by atoms with Crippen molar-refractivity contribution in [2.24, 2.45) is 7.05 Å².